The van der Waals surface area contributed by atoms with Crippen LogP contribution < -0.4 is 5.56 Å². The van der Waals surface area contributed by atoms with E-state index in [4.69, 9.17) is 11.6 Å². The Labute approximate surface area is 149 Å². The average Bonchev–Trinajstić information content (AvgIpc) is 3.08. The van der Waals surface area contributed by atoms with Crippen LogP contribution in [0.25, 0.3) is 0 Å². The van der Waals surface area contributed by atoms with Crippen LogP contribution in [-0.4, -0.2) is 39.0 Å². The third-order valence-electron chi connectivity index (χ3n) is 4.33. The highest BCUT2D eigenvalue weighted by molar-refractivity contribution is 6.31. The molecule has 1 aliphatic rings. The maximum absolute atomic E-state index is 12.7. The van der Waals surface area contributed by atoms with Crippen LogP contribution in [0.15, 0.2) is 47.4 Å². The summed E-state index contributed by atoms with van der Waals surface area (Å²) in [6.07, 6.45) is 2.56. The summed E-state index contributed by atoms with van der Waals surface area (Å²) < 4.78 is 1.40. The van der Waals surface area contributed by atoms with Crippen molar-refractivity contribution in [2.75, 3.05) is 6.54 Å². The number of carboxylic acids is 1. The molecular weight excluding hydrogens is 344 g/mol. The van der Waals surface area contributed by atoms with Gasteiger partial charge in [0.05, 0.1) is 12.1 Å². The van der Waals surface area contributed by atoms with Gasteiger partial charge in [-0.3, -0.25) is 9.59 Å². The quantitative estimate of drug-likeness (QED) is 0.906. The highest BCUT2D eigenvalue weighted by Gasteiger charge is 2.34. The molecule has 0 aliphatic carbocycles. The van der Waals surface area contributed by atoms with Gasteiger partial charge in [-0.25, -0.2) is 4.79 Å². The van der Waals surface area contributed by atoms with E-state index in [1.165, 1.54) is 27.8 Å². The first kappa shape index (κ1) is 17.2. The number of pyridine rings is 1. The lowest BCUT2D eigenvalue weighted by Gasteiger charge is -2.21. The number of benzene rings is 1. The Morgan fingerprint density at radius 1 is 1.20 bits per heavy atom. The molecule has 3 rings (SSSR count). The molecule has 7 heteroatoms. The van der Waals surface area contributed by atoms with Crippen LogP contribution in [-0.2, 0) is 11.3 Å². The van der Waals surface area contributed by atoms with E-state index in [0.717, 1.165) is 5.56 Å². The number of carbonyl (C=O) groups excluding carboxylic acids is 1. The lowest BCUT2D eigenvalue weighted by Crippen LogP contribution is -2.40. The second kappa shape index (κ2) is 7.11. The maximum Gasteiger partial charge on any atom is 0.326 e. The van der Waals surface area contributed by atoms with Gasteiger partial charge in [-0.15, -0.1) is 0 Å². The van der Waals surface area contributed by atoms with Crippen molar-refractivity contribution in [1.82, 2.24) is 9.47 Å². The van der Waals surface area contributed by atoms with Gasteiger partial charge in [0.1, 0.15) is 6.04 Å². The zero-order valence-electron chi connectivity index (χ0n) is 13.4. The largest absolute Gasteiger partial charge is 0.480 e. The van der Waals surface area contributed by atoms with E-state index in [0.29, 0.717) is 30.0 Å². The van der Waals surface area contributed by atoms with Gasteiger partial charge >= 0.3 is 5.97 Å². The van der Waals surface area contributed by atoms with Crippen molar-refractivity contribution in [3.63, 3.8) is 0 Å². The number of rotatable bonds is 4. The Morgan fingerprint density at radius 3 is 2.68 bits per heavy atom. The first-order valence-electron chi connectivity index (χ1n) is 7.95. The van der Waals surface area contributed by atoms with Crippen molar-refractivity contribution in [2.24, 2.45) is 0 Å². The molecule has 25 heavy (non-hydrogen) atoms. The minimum absolute atomic E-state index is 0.238. The average molecular weight is 361 g/mol. The zero-order valence-corrected chi connectivity index (χ0v) is 14.1. The number of carbonyl (C=O) groups is 2. The molecule has 2 aromatic rings. The molecule has 1 atom stereocenters. The van der Waals surface area contributed by atoms with Crippen LogP contribution in [0.1, 0.15) is 28.8 Å². The minimum Gasteiger partial charge on any atom is -0.480 e. The van der Waals surface area contributed by atoms with Crippen LogP contribution in [0.3, 0.4) is 0 Å². The van der Waals surface area contributed by atoms with Gasteiger partial charge in [0, 0.05) is 23.8 Å². The topological polar surface area (TPSA) is 79.6 Å². The fourth-order valence-electron chi connectivity index (χ4n) is 3.02. The molecule has 130 valence electrons. The van der Waals surface area contributed by atoms with Crippen molar-refractivity contribution in [1.29, 1.82) is 0 Å². The Balaban J connectivity index is 1.89. The molecule has 1 N–H and O–H groups in total. The molecular formula is C18H17ClN2O4. The number of nitrogens with zero attached hydrogens (tertiary/aromatic N) is 2. The van der Waals surface area contributed by atoms with E-state index >= 15 is 0 Å². The minimum atomic E-state index is -1.00. The Hall–Kier alpha value is -2.60. The second-order valence-electron chi connectivity index (χ2n) is 5.97. The first-order valence-corrected chi connectivity index (χ1v) is 8.33. The van der Waals surface area contributed by atoms with Gasteiger partial charge in [-0.1, -0.05) is 29.8 Å². The molecule has 1 saturated heterocycles. The Kier molecular flexibility index (Phi) is 4.90. The van der Waals surface area contributed by atoms with Crippen molar-refractivity contribution in [3.05, 3.63) is 69.1 Å². The second-order valence-corrected chi connectivity index (χ2v) is 6.38. The summed E-state index contributed by atoms with van der Waals surface area (Å²) >= 11 is 6.13. The summed E-state index contributed by atoms with van der Waals surface area (Å²) in [7, 11) is 0. The highest BCUT2D eigenvalue weighted by Crippen LogP contribution is 2.20. The van der Waals surface area contributed by atoms with Crippen LogP contribution >= 0.6 is 11.6 Å². The number of aromatic nitrogens is 1. The van der Waals surface area contributed by atoms with E-state index in [2.05, 4.69) is 0 Å². The Morgan fingerprint density at radius 2 is 1.96 bits per heavy atom. The van der Waals surface area contributed by atoms with E-state index in [1.54, 1.807) is 12.1 Å². The van der Waals surface area contributed by atoms with E-state index in [1.807, 2.05) is 12.1 Å². The normalized spacial score (nSPS) is 16.8. The highest BCUT2D eigenvalue weighted by atomic mass is 35.5. The van der Waals surface area contributed by atoms with Crippen molar-refractivity contribution >= 4 is 23.5 Å². The molecule has 1 aromatic heterocycles. The fraction of sp³-hybridized carbons (Fsp3) is 0.278. The molecule has 0 bridgehead atoms. The van der Waals surface area contributed by atoms with Crippen LogP contribution in [0.5, 0.6) is 0 Å². The molecule has 0 radical (unpaired) electrons. The SMILES string of the molecule is O=C(O)C1CCCN1C(=O)c1ccc(=O)n(Cc2ccccc2Cl)c1. The van der Waals surface area contributed by atoms with E-state index in [-0.39, 0.29) is 18.0 Å². The predicted molar refractivity (Wildman–Crippen MR) is 93.0 cm³/mol. The summed E-state index contributed by atoms with van der Waals surface area (Å²) in [4.78, 5) is 37.4. The molecule has 2 heterocycles. The summed E-state index contributed by atoms with van der Waals surface area (Å²) in [6, 6.07) is 9.11. The van der Waals surface area contributed by atoms with Gasteiger partial charge in [0.2, 0.25) is 0 Å². The number of halogens is 1. The number of hydrogen-bond acceptors (Lipinski definition) is 3. The van der Waals surface area contributed by atoms with Gasteiger partial charge in [0.15, 0.2) is 0 Å². The number of aliphatic carboxylic acids is 1. The fourth-order valence-corrected chi connectivity index (χ4v) is 3.22. The molecule has 1 fully saturated rings. The van der Waals surface area contributed by atoms with E-state index < -0.39 is 12.0 Å². The van der Waals surface area contributed by atoms with Crippen LogP contribution in [0, 0.1) is 0 Å². The molecule has 6 nitrogen and oxygen atoms in total. The number of carboxylic acid groups (broad SMARTS) is 1. The lowest BCUT2D eigenvalue weighted by atomic mass is 10.2. The van der Waals surface area contributed by atoms with Gasteiger partial charge < -0.3 is 14.6 Å². The molecule has 0 saturated carbocycles. The molecule has 1 amide bonds. The van der Waals surface area contributed by atoms with Crippen molar-refractivity contribution in [3.8, 4) is 0 Å². The van der Waals surface area contributed by atoms with Gasteiger partial charge in [0.25, 0.3) is 11.5 Å². The first-order chi connectivity index (χ1) is 12.0. The van der Waals surface area contributed by atoms with Crippen molar-refractivity contribution < 1.29 is 14.7 Å². The third-order valence-corrected chi connectivity index (χ3v) is 4.70. The summed E-state index contributed by atoms with van der Waals surface area (Å²) in [5, 5.41) is 9.78. The van der Waals surface area contributed by atoms with Crippen LogP contribution in [0.4, 0.5) is 0 Å². The monoisotopic (exact) mass is 360 g/mol. The smallest absolute Gasteiger partial charge is 0.326 e. The zero-order chi connectivity index (χ0) is 18.0. The summed E-state index contributed by atoms with van der Waals surface area (Å²) in [6.45, 7) is 0.640. The summed E-state index contributed by atoms with van der Waals surface area (Å²) in [5.41, 5.74) is 0.799. The van der Waals surface area contributed by atoms with Gasteiger partial charge in [-0.05, 0) is 30.5 Å². The van der Waals surface area contributed by atoms with Crippen molar-refractivity contribution in [2.45, 2.75) is 25.4 Å². The predicted octanol–water partition coefficient (Wildman–Crippen LogP) is 2.24. The number of amides is 1. The maximum atomic E-state index is 12.7. The number of hydrogen-bond donors (Lipinski definition) is 1. The van der Waals surface area contributed by atoms with E-state index in [9.17, 15) is 19.5 Å². The summed E-state index contributed by atoms with van der Waals surface area (Å²) in [5.74, 6) is -1.38. The molecule has 1 aliphatic heterocycles. The molecule has 0 spiro atoms. The number of likely N-dealkylation sites (tertiary alicyclic amines) is 1. The van der Waals surface area contributed by atoms with Gasteiger partial charge in [-0.2, -0.15) is 0 Å². The lowest BCUT2D eigenvalue weighted by molar-refractivity contribution is -0.141. The molecule has 1 aromatic carbocycles. The Bertz CT molecular complexity index is 877. The van der Waals surface area contributed by atoms with Crippen LogP contribution in [0.2, 0.25) is 5.02 Å². The standard InChI is InChI=1S/C18H17ClN2O4/c19-14-5-2-1-4-12(14)10-20-11-13(7-8-16(20)22)17(23)21-9-3-6-15(21)18(24)25/h1-2,4-5,7-8,11,15H,3,6,9-10H2,(H,24,25). The third kappa shape index (κ3) is 3.58. The molecule has 1 unspecified atom stereocenters.